The Morgan fingerprint density at radius 2 is 1.28 bits per heavy atom. The Balaban J connectivity index is 1.40. The van der Waals surface area contributed by atoms with Gasteiger partial charge < -0.3 is 0 Å². The summed E-state index contributed by atoms with van der Waals surface area (Å²) in [7, 11) is 0. The molecule has 0 saturated carbocycles. The molecule has 0 radical (unpaired) electrons. The zero-order chi connectivity index (χ0) is 32.5. The number of hydrogen-bond acceptors (Lipinski definition) is 4. The molecule has 1 aliphatic rings. The fraction of sp³-hybridized carbons (Fsp3) is 0.116. The first kappa shape index (κ1) is 29.9. The predicted octanol–water partition coefficient (Wildman–Crippen LogP) is 10.4. The van der Waals surface area contributed by atoms with Crippen LogP contribution in [0.2, 0.25) is 0 Å². The van der Waals surface area contributed by atoms with Crippen LogP contribution in [0, 0.1) is 6.92 Å². The maximum absolute atomic E-state index is 5.06. The van der Waals surface area contributed by atoms with Gasteiger partial charge in [0.15, 0.2) is 17.5 Å². The molecule has 4 heteroatoms. The van der Waals surface area contributed by atoms with E-state index in [1.54, 1.807) is 6.20 Å². The molecule has 0 amide bonds. The number of pyridine rings is 1. The van der Waals surface area contributed by atoms with Gasteiger partial charge in [-0.05, 0) is 77.1 Å². The lowest BCUT2D eigenvalue weighted by Crippen LogP contribution is -2.14. The molecule has 0 unspecified atom stereocenters. The van der Waals surface area contributed by atoms with E-state index in [9.17, 15) is 0 Å². The van der Waals surface area contributed by atoms with Crippen molar-refractivity contribution < 1.29 is 0 Å². The summed E-state index contributed by atoms with van der Waals surface area (Å²) in [5.74, 6) is 1.81. The van der Waals surface area contributed by atoms with Crippen LogP contribution in [-0.2, 0) is 5.41 Å². The summed E-state index contributed by atoms with van der Waals surface area (Å²) in [4.78, 5) is 19.5. The van der Waals surface area contributed by atoms with Gasteiger partial charge >= 0.3 is 0 Å². The van der Waals surface area contributed by atoms with Crippen LogP contribution in [0.3, 0.4) is 0 Å². The molecule has 4 nitrogen and oxygen atoms in total. The smallest absolute Gasteiger partial charge is 0.164 e. The quantitative estimate of drug-likeness (QED) is 0.169. The van der Waals surface area contributed by atoms with Gasteiger partial charge in [-0.25, -0.2) is 15.0 Å². The van der Waals surface area contributed by atoms with Crippen molar-refractivity contribution in [2.45, 2.75) is 33.1 Å². The number of allylic oxidation sites excluding steroid dienone is 5. The molecule has 0 spiro atoms. The van der Waals surface area contributed by atoms with Crippen molar-refractivity contribution in [3.05, 3.63) is 174 Å². The van der Waals surface area contributed by atoms with E-state index in [-0.39, 0.29) is 5.41 Å². The lowest BCUT2D eigenvalue weighted by molar-refractivity contribution is 0.660. The van der Waals surface area contributed by atoms with Crippen LogP contribution < -0.4 is 0 Å². The van der Waals surface area contributed by atoms with Crippen LogP contribution in [-0.4, -0.2) is 19.9 Å². The van der Waals surface area contributed by atoms with Gasteiger partial charge in [0.1, 0.15) is 0 Å². The number of aryl methyl sites for hydroxylation is 1. The summed E-state index contributed by atoms with van der Waals surface area (Å²) in [6.07, 6.45) is 6.04. The van der Waals surface area contributed by atoms with Gasteiger partial charge in [-0.1, -0.05) is 124 Å². The molecule has 0 bridgehead atoms. The summed E-state index contributed by atoms with van der Waals surface area (Å²) in [6, 6.07) is 39.7. The Morgan fingerprint density at radius 1 is 0.660 bits per heavy atom. The average molecular weight is 609 g/mol. The molecule has 228 valence electrons. The maximum atomic E-state index is 5.06. The monoisotopic (exact) mass is 608 g/mol. The minimum absolute atomic E-state index is 0.0426. The fourth-order valence-corrected chi connectivity index (χ4v) is 6.48. The lowest BCUT2D eigenvalue weighted by atomic mass is 9.82. The molecule has 2 heterocycles. The first-order valence-electron chi connectivity index (χ1n) is 15.9. The molecule has 2 aromatic heterocycles. The van der Waals surface area contributed by atoms with Crippen LogP contribution in [0.25, 0.3) is 50.6 Å². The van der Waals surface area contributed by atoms with Crippen molar-refractivity contribution in [3.63, 3.8) is 0 Å². The van der Waals surface area contributed by atoms with Crippen molar-refractivity contribution >= 4 is 16.7 Å². The highest BCUT2D eigenvalue weighted by Gasteiger charge is 2.35. The standard InChI is InChI=1S/C43H36N4/c1-28(33-22-23-39-37(27-33)36-19-12-13-21-38(36)43(39,4)5)25-34(26-29(2)35-20-14-24-44-30(35)3)42-46-40(31-15-8-6-9-16-31)45-41(47-42)32-17-10-7-11-18-32/h6-27H,2H2,1,3-5H3/b28-25+,34-26+. The third-order valence-corrected chi connectivity index (χ3v) is 9.05. The van der Waals surface area contributed by atoms with E-state index in [0.717, 1.165) is 44.7 Å². The normalized spacial score (nSPS) is 13.6. The topological polar surface area (TPSA) is 51.6 Å². The van der Waals surface area contributed by atoms with Crippen molar-refractivity contribution in [1.29, 1.82) is 0 Å². The fourth-order valence-electron chi connectivity index (χ4n) is 6.48. The van der Waals surface area contributed by atoms with E-state index < -0.39 is 0 Å². The van der Waals surface area contributed by atoms with Crippen molar-refractivity contribution in [2.24, 2.45) is 0 Å². The van der Waals surface area contributed by atoms with Crippen molar-refractivity contribution in [1.82, 2.24) is 19.9 Å². The van der Waals surface area contributed by atoms with Gasteiger partial charge in [0.05, 0.1) is 0 Å². The molecule has 6 aromatic rings. The Morgan fingerprint density at radius 3 is 1.94 bits per heavy atom. The Hall–Kier alpha value is -5.74. The number of fused-ring (bicyclic) bond motifs is 3. The Labute approximate surface area is 277 Å². The second kappa shape index (κ2) is 12.2. The first-order chi connectivity index (χ1) is 22.8. The number of nitrogens with zero attached hydrogens (tertiary/aromatic N) is 4. The molecule has 0 aliphatic heterocycles. The molecule has 0 N–H and O–H groups in total. The molecule has 0 atom stereocenters. The van der Waals surface area contributed by atoms with E-state index in [4.69, 9.17) is 15.0 Å². The predicted molar refractivity (Wildman–Crippen MR) is 194 cm³/mol. The molecule has 0 fully saturated rings. The molecular formula is C43H36N4. The van der Waals surface area contributed by atoms with E-state index in [1.807, 2.05) is 79.7 Å². The number of benzene rings is 4. The minimum atomic E-state index is -0.0426. The zero-order valence-corrected chi connectivity index (χ0v) is 27.2. The molecule has 4 aromatic carbocycles. The summed E-state index contributed by atoms with van der Waals surface area (Å²) < 4.78 is 0. The number of aromatic nitrogens is 4. The Bertz CT molecular complexity index is 2130. The van der Waals surface area contributed by atoms with Gasteiger partial charge in [0.2, 0.25) is 0 Å². The van der Waals surface area contributed by atoms with Crippen LogP contribution in [0.15, 0.2) is 140 Å². The molecule has 0 saturated heterocycles. The Kier molecular flexibility index (Phi) is 7.79. The van der Waals surface area contributed by atoms with Gasteiger partial charge in [-0.2, -0.15) is 0 Å². The van der Waals surface area contributed by atoms with E-state index in [0.29, 0.717) is 17.5 Å². The highest BCUT2D eigenvalue weighted by molar-refractivity contribution is 5.91. The molecule has 7 rings (SSSR count). The maximum Gasteiger partial charge on any atom is 0.164 e. The van der Waals surface area contributed by atoms with Crippen molar-refractivity contribution in [2.75, 3.05) is 0 Å². The van der Waals surface area contributed by atoms with E-state index in [1.165, 1.54) is 22.3 Å². The van der Waals surface area contributed by atoms with Crippen LogP contribution in [0.5, 0.6) is 0 Å². The summed E-state index contributed by atoms with van der Waals surface area (Å²) >= 11 is 0. The average Bonchev–Trinajstić information content (AvgIpc) is 3.34. The third kappa shape index (κ3) is 5.75. The second-order valence-electron chi connectivity index (χ2n) is 12.6. The highest BCUT2D eigenvalue weighted by atomic mass is 15.0. The molecule has 1 aliphatic carbocycles. The van der Waals surface area contributed by atoms with Crippen LogP contribution in [0.1, 0.15) is 54.5 Å². The van der Waals surface area contributed by atoms with E-state index >= 15 is 0 Å². The minimum Gasteiger partial charge on any atom is -0.261 e. The van der Waals surface area contributed by atoms with Crippen LogP contribution >= 0.6 is 0 Å². The van der Waals surface area contributed by atoms with E-state index in [2.05, 4.69) is 87.0 Å². The number of hydrogen-bond donors (Lipinski definition) is 0. The SMILES string of the molecule is C=C(/C=C(\C=C(/C)c1ccc2c(c1)-c1ccccc1C2(C)C)c1nc(-c2ccccc2)nc(-c2ccccc2)n1)c1cccnc1C. The number of rotatable bonds is 7. The zero-order valence-electron chi connectivity index (χ0n) is 27.2. The summed E-state index contributed by atoms with van der Waals surface area (Å²) in [6.45, 7) is 13.2. The molecule has 47 heavy (non-hydrogen) atoms. The van der Waals surface area contributed by atoms with Gasteiger partial charge in [-0.3, -0.25) is 4.98 Å². The lowest BCUT2D eigenvalue weighted by Gasteiger charge is -2.21. The van der Waals surface area contributed by atoms with Gasteiger partial charge in [-0.15, -0.1) is 0 Å². The third-order valence-electron chi connectivity index (χ3n) is 9.05. The van der Waals surface area contributed by atoms with Crippen LogP contribution in [0.4, 0.5) is 0 Å². The van der Waals surface area contributed by atoms with Gasteiger partial charge in [0, 0.05) is 39.6 Å². The largest absolute Gasteiger partial charge is 0.261 e. The van der Waals surface area contributed by atoms with Crippen molar-refractivity contribution in [3.8, 4) is 33.9 Å². The second-order valence-corrected chi connectivity index (χ2v) is 12.6. The summed E-state index contributed by atoms with van der Waals surface area (Å²) in [5.41, 5.74) is 12.9. The van der Waals surface area contributed by atoms with Gasteiger partial charge in [0.25, 0.3) is 0 Å². The molecular weight excluding hydrogens is 573 g/mol. The first-order valence-corrected chi connectivity index (χ1v) is 15.9. The highest BCUT2D eigenvalue weighted by Crippen LogP contribution is 2.49. The summed E-state index contributed by atoms with van der Waals surface area (Å²) in [5, 5.41) is 0.